The molecule has 36 heavy (non-hydrogen) atoms. The number of carbonyl (C=O) groups excluding carboxylic acids is 2. The summed E-state index contributed by atoms with van der Waals surface area (Å²) in [7, 11) is 0. The third kappa shape index (κ3) is 4.47. The summed E-state index contributed by atoms with van der Waals surface area (Å²) in [6.07, 6.45) is 0.279. The van der Waals surface area contributed by atoms with E-state index in [-0.39, 0.29) is 31.1 Å². The number of anilines is 1. The number of amides is 2. The summed E-state index contributed by atoms with van der Waals surface area (Å²) in [5.41, 5.74) is 5.48. The largest absolute Gasteiger partial charge is 0.387 e. The maximum Gasteiger partial charge on any atom is 0.290 e. The number of fused-ring (bicyclic) bond motifs is 1. The van der Waals surface area contributed by atoms with Gasteiger partial charge in [-0.05, 0) is 56.7 Å². The van der Waals surface area contributed by atoms with Crippen LogP contribution in [0.1, 0.15) is 45.7 Å². The van der Waals surface area contributed by atoms with Crippen molar-refractivity contribution in [3.05, 3.63) is 46.3 Å². The molecule has 10 heteroatoms. The third-order valence-corrected chi connectivity index (χ3v) is 7.89. The van der Waals surface area contributed by atoms with Crippen molar-refractivity contribution < 1.29 is 23.5 Å². The lowest BCUT2D eigenvalue weighted by Crippen LogP contribution is -2.53. The van der Waals surface area contributed by atoms with Gasteiger partial charge in [0.1, 0.15) is 12.6 Å². The molecule has 2 aliphatic heterocycles. The third-order valence-electron chi connectivity index (χ3n) is 7.89. The first-order valence-corrected chi connectivity index (χ1v) is 12.7. The van der Waals surface area contributed by atoms with Crippen LogP contribution in [0.4, 0.5) is 14.5 Å². The normalized spacial score (nSPS) is 21.6. The van der Waals surface area contributed by atoms with Gasteiger partial charge in [-0.25, -0.2) is 8.78 Å². The summed E-state index contributed by atoms with van der Waals surface area (Å²) in [5.74, 6) is -3.94. The highest BCUT2D eigenvalue weighted by Crippen LogP contribution is 2.31. The number of halogens is 2. The summed E-state index contributed by atoms with van der Waals surface area (Å²) in [5, 5.41) is 14.0. The van der Waals surface area contributed by atoms with E-state index < -0.39 is 24.5 Å². The van der Waals surface area contributed by atoms with Crippen molar-refractivity contribution in [1.82, 2.24) is 19.6 Å². The molecule has 2 amide bonds. The van der Waals surface area contributed by atoms with Crippen molar-refractivity contribution in [2.75, 3.05) is 44.2 Å². The summed E-state index contributed by atoms with van der Waals surface area (Å²) >= 11 is 0. The number of likely N-dealkylation sites (tertiary alicyclic amines) is 1. The van der Waals surface area contributed by atoms with Crippen molar-refractivity contribution in [3.63, 3.8) is 0 Å². The Morgan fingerprint density at radius 3 is 2.56 bits per heavy atom. The van der Waals surface area contributed by atoms with Gasteiger partial charge in [-0.3, -0.25) is 14.3 Å². The van der Waals surface area contributed by atoms with E-state index in [0.717, 1.165) is 35.7 Å². The highest BCUT2D eigenvalue weighted by molar-refractivity contribution is 5.94. The number of alkyl halides is 2. The van der Waals surface area contributed by atoms with Gasteiger partial charge in [-0.1, -0.05) is 12.1 Å². The molecule has 2 aromatic rings. The van der Waals surface area contributed by atoms with Gasteiger partial charge in [-0.2, -0.15) is 5.10 Å². The zero-order valence-electron chi connectivity index (χ0n) is 20.8. The lowest BCUT2D eigenvalue weighted by atomic mass is 10.0. The predicted molar refractivity (Wildman–Crippen MR) is 130 cm³/mol. The summed E-state index contributed by atoms with van der Waals surface area (Å²) in [6, 6.07) is 6.27. The fourth-order valence-corrected chi connectivity index (χ4v) is 5.57. The van der Waals surface area contributed by atoms with E-state index in [1.807, 2.05) is 4.90 Å². The minimum absolute atomic E-state index is 0.0357. The van der Waals surface area contributed by atoms with Gasteiger partial charge in [0.15, 0.2) is 5.69 Å². The molecule has 0 spiro atoms. The van der Waals surface area contributed by atoms with E-state index in [9.17, 15) is 23.5 Å². The van der Waals surface area contributed by atoms with Crippen LogP contribution >= 0.6 is 0 Å². The average Bonchev–Trinajstić information content (AvgIpc) is 3.46. The van der Waals surface area contributed by atoms with Gasteiger partial charge in [0.25, 0.3) is 11.8 Å². The summed E-state index contributed by atoms with van der Waals surface area (Å²) in [4.78, 5) is 31.5. The molecular weight excluding hydrogens is 468 g/mol. The van der Waals surface area contributed by atoms with Crippen LogP contribution in [-0.4, -0.2) is 87.8 Å². The first kappa shape index (κ1) is 24.7. The van der Waals surface area contributed by atoms with Crippen LogP contribution in [0.5, 0.6) is 0 Å². The number of aliphatic hydroxyl groups is 1. The fourth-order valence-electron chi connectivity index (χ4n) is 5.57. The molecule has 5 rings (SSSR count). The van der Waals surface area contributed by atoms with Crippen LogP contribution in [0.2, 0.25) is 0 Å². The lowest BCUT2D eigenvalue weighted by Gasteiger charge is -2.37. The summed E-state index contributed by atoms with van der Waals surface area (Å²) < 4.78 is 29.7. The number of nitrogens with zero attached hydrogens (tertiary/aromatic N) is 5. The van der Waals surface area contributed by atoms with E-state index in [4.69, 9.17) is 0 Å². The first-order chi connectivity index (χ1) is 17.2. The number of piperidine rings is 1. The number of aryl methyl sites for hydroxylation is 1. The molecule has 1 atom stereocenters. The van der Waals surface area contributed by atoms with E-state index in [2.05, 4.69) is 42.0 Å². The minimum atomic E-state index is -3.34. The van der Waals surface area contributed by atoms with Crippen LogP contribution in [0.25, 0.3) is 0 Å². The average molecular weight is 502 g/mol. The highest BCUT2D eigenvalue weighted by atomic mass is 19.3. The number of aliphatic hydroxyl groups excluding tert-OH is 1. The van der Waals surface area contributed by atoms with Crippen molar-refractivity contribution in [1.29, 1.82) is 0 Å². The number of piperazine rings is 1. The Morgan fingerprint density at radius 1 is 1.08 bits per heavy atom. The zero-order chi connectivity index (χ0) is 25.6. The quantitative estimate of drug-likeness (QED) is 0.695. The number of rotatable bonds is 4. The lowest BCUT2D eigenvalue weighted by molar-refractivity contribution is -0.142. The Bertz CT molecular complexity index is 1170. The van der Waals surface area contributed by atoms with Gasteiger partial charge < -0.3 is 19.8 Å². The topological polar surface area (TPSA) is 81.9 Å². The Morgan fingerprint density at radius 2 is 1.83 bits per heavy atom. The summed E-state index contributed by atoms with van der Waals surface area (Å²) in [6.45, 7) is 6.18. The van der Waals surface area contributed by atoms with Crippen molar-refractivity contribution in [2.24, 2.45) is 0 Å². The second kappa shape index (κ2) is 9.46. The van der Waals surface area contributed by atoms with Gasteiger partial charge in [-0.15, -0.1) is 0 Å². The molecule has 0 bridgehead atoms. The highest BCUT2D eigenvalue weighted by Gasteiger charge is 2.46. The van der Waals surface area contributed by atoms with Crippen LogP contribution in [0.3, 0.4) is 0 Å². The molecular formula is C26H33F2N5O3. The molecule has 8 nitrogen and oxygen atoms in total. The van der Waals surface area contributed by atoms with E-state index in [0.29, 0.717) is 25.9 Å². The predicted octanol–water partition coefficient (Wildman–Crippen LogP) is 2.18. The molecule has 1 unspecified atom stereocenters. The molecule has 2 fully saturated rings. The Labute approximate surface area is 209 Å². The Kier molecular flexibility index (Phi) is 6.48. The van der Waals surface area contributed by atoms with Crippen molar-refractivity contribution in [3.8, 4) is 0 Å². The molecule has 3 aliphatic rings. The SMILES string of the molecule is Cc1cccc(N2CCN(C(=O)Cn3nc(C(=O)N4CCC(O)C(F)(F)C4)c4c3CCC4)CC2)c1C. The van der Waals surface area contributed by atoms with Crippen LogP contribution < -0.4 is 4.90 Å². The number of benzene rings is 1. The Hall–Kier alpha value is -3.01. The molecule has 1 aliphatic carbocycles. The van der Waals surface area contributed by atoms with Gasteiger partial charge in [0.05, 0.1) is 6.54 Å². The van der Waals surface area contributed by atoms with Crippen LogP contribution in [0.15, 0.2) is 18.2 Å². The number of hydrogen-bond acceptors (Lipinski definition) is 5. The minimum Gasteiger partial charge on any atom is -0.387 e. The molecule has 0 saturated carbocycles. The fraction of sp³-hybridized carbons (Fsp3) is 0.577. The maximum atomic E-state index is 14.0. The Balaban J connectivity index is 1.26. The van der Waals surface area contributed by atoms with Crippen LogP contribution in [-0.2, 0) is 24.2 Å². The molecule has 1 aromatic carbocycles. The van der Waals surface area contributed by atoms with Crippen LogP contribution in [0, 0.1) is 13.8 Å². The molecule has 3 heterocycles. The smallest absolute Gasteiger partial charge is 0.290 e. The number of aromatic nitrogens is 2. The van der Waals surface area contributed by atoms with Gasteiger partial charge in [0, 0.05) is 49.7 Å². The second-order valence-corrected chi connectivity index (χ2v) is 10.2. The van der Waals surface area contributed by atoms with Crippen molar-refractivity contribution in [2.45, 2.75) is 58.1 Å². The van der Waals surface area contributed by atoms with E-state index in [1.54, 1.807) is 4.68 Å². The first-order valence-electron chi connectivity index (χ1n) is 12.7. The number of hydrogen-bond donors (Lipinski definition) is 1. The molecule has 0 radical (unpaired) electrons. The van der Waals surface area contributed by atoms with E-state index in [1.165, 1.54) is 16.8 Å². The van der Waals surface area contributed by atoms with Gasteiger partial charge in [0.2, 0.25) is 5.91 Å². The molecule has 194 valence electrons. The standard InChI is InChI=1S/C26H33F2N5O3/c1-17-5-3-7-20(18(17)2)30-11-13-31(14-12-30)23(35)15-33-21-8-4-6-19(21)24(29-33)25(36)32-10-9-22(34)26(27,28)16-32/h3,5,7,22,34H,4,6,8-16H2,1-2H3. The van der Waals surface area contributed by atoms with Crippen molar-refractivity contribution >= 4 is 17.5 Å². The number of carbonyl (C=O) groups is 2. The van der Waals surface area contributed by atoms with E-state index >= 15 is 0 Å². The monoisotopic (exact) mass is 501 g/mol. The zero-order valence-corrected chi connectivity index (χ0v) is 20.8. The molecule has 1 aromatic heterocycles. The molecule has 2 saturated heterocycles. The molecule has 1 N–H and O–H groups in total. The van der Waals surface area contributed by atoms with Gasteiger partial charge >= 0.3 is 0 Å². The maximum absolute atomic E-state index is 14.0. The second-order valence-electron chi connectivity index (χ2n) is 10.2.